The molecule has 0 fully saturated rings. The van der Waals surface area contributed by atoms with E-state index in [0.29, 0.717) is 22.4 Å². The van der Waals surface area contributed by atoms with Crippen molar-refractivity contribution in [2.24, 2.45) is 5.73 Å². The molecule has 2 aromatic heterocycles. The van der Waals surface area contributed by atoms with Crippen LogP contribution < -0.4 is 5.73 Å². The number of aromatic nitrogens is 3. The van der Waals surface area contributed by atoms with Crippen LogP contribution in [-0.4, -0.2) is 20.4 Å². The van der Waals surface area contributed by atoms with Crippen LogP contribution in [0.1, 0.15) is 11.1 Å². The number of rotatable bonds is 2. The van der Waals surface area contributed by atoms with Crippen LogP contribution in [0.15, 0.2) is 42.9 Å². The normalized spacial score (nSPS) is 11.8. The molecule has 3 N–H and O–H groups in total. The second kappa shape index (κ2) is 4.83. The molecule has 2 heterocycles. The molecule has 1 aromatic carbocycles. The summed E-state index contributed by atoms with van der Waals surface area (Å²) in [7, 11) is 0. The lowest BCUT2D eigenvalue weighted by molar-refractivity contribution is -0.137. The van der Waals surface area contributed by atoms with Crippen molar-refractivity contribution < 1.29 is 13.2 Å². The first-order valence-corrected chi connectivity index (χ1v) is 6.22. The number of nitrogens with two attached hydrogens (primary N) is 1. The molecule has 0 amide bonds. The smallest absolute Gasteiger partial charge is 0.384 e. The topological polar surface area (TPSA) is 80.6 Å². The highest BCUT2D eigenvalue weighted by Crippen LogP contribution is 2.30. The van der Waals surface area contributed by atoms with Crippen LogP contribution >= 0.6 is 0 Å². The molecular weight excluding hydrogens is 295 g/mol. The molecule has 0 saturated heterocycles. The molecule has 0 aliphatic heterocycles. The number of alkyl halides is 3. The van der Waals surface area contributed by atoms with Crippen LogP contribution in [0.2, 0.25) is 0 Å². The van der Waals surface area contributed by atoms with Crippen LogP contribution in [0.3, 0.4) is 0 Å². The predicted molar refractivity (Wildman–Crippen MR) is 74.9 cm³/mol. The van der Waals surface area contributed by atoms with E-state index in [9.17, 15) is 13.2 Å². The zero-order valence-electron chi connectivity index (χ0n) is 11.1. The summed E-state index contributed by atoms with van der Waals surface area (Å²) in [4.78, 5) is 8.15. The molecule has 0 bridgehead atoms. The Morgan fingerprint density at radius 2 is 1.77 bits per heavy atom. The van der Waals surface area contributed by atoms with Crippen LogP contribution in [0.5, 0.6) is 0 Å². The van der Waals surface area contributed by atoms with E-state index in [1.807, 2.05) is 0 Å². The Balaban J connectivity index is 2.17. The Labute approximate surface area is 122 Å². The summed E-state index contributed by atoms with van der Waals surface area (Å²) in [5.41, 5.74) is 6.55. The van der Waals surface area contributed by atoms with Gasteiger partial charge in [0.15, 0.2) is 5.65 Å². The first-order valence-electron chi connectivity index (χ1n) is 6.22. The molecule has 0 aliphatic rings. The van der Waals surface area contributed by atoms with E-state index >= 15 is 0 Å². The zero-order chi connectivity index (χ0) is 15.9. The van der Waals surface area contributed by atoms with Crippen molar-refractivity contribution in [1.82, 2.24) is 14.5 Å². The number of nitrogen functional groups attached to an aromatic ring is 1. The lowest BCUT2D eigenvalue weighted by Gasteiger charge is -2.10. The molecule has 3 aromatic rings. The molecule has 3 rings (SSSR count). The van der Waals surface area contributed by atoms with Gasteiger partial charge in [0.1, 0.15) is 17.7 Å². The minimum Gasteiger partial charge on any atom is -0.384 e. The lowest BCUT2D eigenvalue weighted by Crippen LogP contribution is -2.13. The molecule has 112 valence electrons. The first-order chi connectivity index (χ1) is 10.4. The van der Waals surface area contributed by atoms with E-state index in [1.165, 1.54) is 24.7 Å². The Kier molecular flexibility index (Phi) is 3.09. The Bertz CT molecular complexity index is 849. The van der Waals surface area contributed by atoms with Gasteiger partial charge in [-0.1, -0.05) is 0 Å². The second-order valence-corrected chi connectivity index (χ2v) is 4.60. The van der Waals surface area contributed by atoms with E-state index in [0.717, 1.165) is 12.1 Å². The number of imidazole rings is 1. The third-order valence-corrected chi connectivity index (χ3v) is 3.20. The molecule has 0 radical (unpaired) electrons. The molecule has 0 atom stereocenters. The maximum atomic E-state index is 12.6. The summed E-state index contributed by atoms with van der Waals surface area (Å²) in [5, 5.41) is 7.59. The molecule has 22 heavy (non-hydrogen) atoms. The molecule has 8 heteroatoms. The number of halogens is 3. The highest BCUT2D eigenvalue weighted by Gasteiger charge is 2.30. The summed E-state index contributed by atoms with van der Waals surface area (Å²) in [6, 6.07) is 6.21. The zero-order valence-corrected chi connectivity index (χ0v) is 11.1. The van der Waals surface area contributed by atoms with E-state index in [4.69, 9.17) is 11.1 Å². The summed E-state index contributed by atoms with van der Waals surface area (Å²) in [5.74, 6) is -0.166. The maximum Gasteiger partial charge on any atom is 0.416 e. The van der Waals surface area contributed by atoms with Crippen molar-refractivity contribution in [3.8, 4) is 5.69 Å². The molecule has 0 unspecified atom stereocenters. The van der Waals surface area contributed by atoms with Gasteiger partial charge in [-0.2, -0.15) is 13.2 Å². The van der Waals surface area contributed by atoms with Gasteiger partial charge in [-0.25, -0.2) is 9.97 Å². The fraction of sp³-hybridized carbons (Fsp3) is 0.0714. The van der Waals surface area contributed by atoms with Crippen molar-refractivity contribution in [1.29, 1.82) is 5.41 Å². The van der Waals surface area contributed by atoms with Crippen LogP contribution in [0.25, 0.3) is 16.9 Å². The van der Waals surface area contributed by atoms with Gasteiger partial charge in [-0.05, 0) is 30.3 Å². The molecular formula is C14H10F3N5. The van der Waals surface area contributed by atoms with Gasteiger partial charge in [0, 0.05) is 17.4 Å². The van der Waals surface area contributed by atoms with E-state index in [2.05, 4.69) is 9.97 Å². The minimum absolute atomic E-state index is 0.166. The van der Waals surface area contributed by atoms with Gasteiger partial charge in [0.25, 0.3) is 0 Å². The van der Waals surface area contributed by atoms with E-state index in [1.54, 1.807) is 10.6 Å². The van der Waals surface area contributed by atoms with Gasteiger partial charge < -0.3 is 5.73 Å². The quantitative estimate of drug-likeness (QED) is 0.564. The standard InChI is InChI=1S/C14H10F3N5/c15-14(16,17)8-1-3-9(4-2-8)22-7-21-13-11(22)10(12(18)19)5-6-20-13/h1-7H,(H3,18,19). The third-order valence-electron chi connectivity index (χ3n) is 3.20. The summed E-state index contributed by atoms with van der Waals surface area (Å²) in [6.45, 7) is 0. The monoisotopic (exact) mass is 305 g/mol. The SMILES string of the molecule is N=C(N)c1ccnc2ncn(-c3ccc(C(F)(F)F)cc3)c12. The maximum absolute atomic E-state index is 12.6. The lowest BCUT2D eigenvalue weighted by atomic mass is 10.2. The number of nitrogens with one attached hydrogen (secondary N) is 1. The average Bonchev–Trinajstić information content (AvgIpc) is 2.90. The van der Waals surface area contributed by atoms with E-state index < -0.39 is 11.7 Å². The van der Waals surface area contributed by atoms with E-state index in [-0.39, 0.29) is 5.84 Å². The molecule has 0 saturated carbocycles. The number of fused-ring (bicyclic) bond motifs is 1. The average molecular weight is 305 g/mol. The number of nitrogens with zero attached hydrogens (tertiary/aromatic N) is 3. The van der Waals surface area contributed by atoms with Crippen molar-refractivity contribution in [2.75, 3.05) is 0 Å². The molecule has 0 aliphatic carbocycles. The fourth-order valence-electron chi connectivity index (χ4n) is 2.17. The first kappa shape index (κ1) is 14.1. The largest absolute Gasteiger partial charge is 0.416 e. The third kappa shape index (κ3) is 2.28. The van der Waals surface area contributed by atoms with Crippen LogP contribution in [0, 0.1) is 5.41 Å². The highest BCUT2D eigenvalue weighted by molar-refractivity contribution is 6.05. The highest BCUT2D eigenvalue weighted by atomic mass is 19.4. The summed E-state index contributed by atoms with van der Waals surface area (Å²) < 4.78 is 39.4. The number of pyridine rings is 1. The number of amidine groups is 1. The van der Waals surface area contributed by atoms with Crippen LogP contribution in [-0.2, 0) is 6.18 Å². The molecule has 0 spiro atoms. The van der Waals surface area contributed by atoms with Gasteiger partial charge in [0.05, 0.1) is 5.56 Å². The fourth-order valence-corrected chi connectivity index (χ4v) is 2.17. The number of hydrogen-bond acceptors (Lipinski definition) is 3. The minimum atomic E-state index is -4.39. The van der Waals surface area contributed by atoms with Gasteiger partial charge >= 0.3 is 6.18 Å². The van der Waals surface area contributed by atoms with Gasteiger partial charge in [-0.3, -0.25) is 9.98 Å². The van der Waals surface area contributed by atoms with Gasteiger partial charge in [0.2, 0.25) is 0 Å². The van der Waals surface area contributed by atoms with Gasteiger partial charge in [-0.15, -0.1) is 0 Å². The number of benzene rings is 1. The van der Waals surface area contributed by atoms with Crippen LogP contribution in [0.4, 0.5) is 13.2 Å². The Morgan fingerprint density at radius 1 is 1.09 bits per heavy atom. The van der Waals surface area contributed by atoms with Crippen molar-refractivity contribution >= 4 is 17.0 Å². The van der Waals surface area contributed by atoms with Crippen molar-refractivity contribution in [3.05, 3.63) is 54.0 Å². The second-order valence-electron chi connectivity index (χ2n) is 4.60. The Morgan fingerprint density at radius 3 is 2.36 bits per heavy atom. The van der Waals surface area contributed by atoms with Crippen molar-refractivity contribution in [3.63, 3.8) is 0 Å². The van der Waals surface area contributed by atoms with Crippen molar-refractivity contribution in [2.45, 2.75) is 6.18 Å². The Hall–Kier alpha value is -2.90. The molecule has 5 nitrogen and oxygen atoms in total. The summed E-state index contributed by atoms with van der Waals surface area (Å²) >= 11 is 0. The summed E-state index contributed by atoms with van der Waals surface area (Å²) in [6.07, 6.45) is -1.47. The predicted octanol–water partition coefficient (Wildman–Crippen LogP) is 2.72. The number of hydrogen-bond donors (Lipinski definition) is 2.